The van der Waals surface area contributed by atoms with E-state index in [1.165, 1.54) is 0 Å². The normalized spacial score (nSPS) is 28.2. The van der Waals surface area contributed by atoms with Crippen molar-refractivity contribution >= 4 is 0 Å². The van der Waals surface area contributed by atoms with E-state index in [-0.39, 0.29) is 12.5 Å². The van der Waals surface area contributed by atoms with Crippen LogP contribution in [0.5, 0.6) is 0 Å². The molecule has 1 aliphatic rings. The van der Waals surface area contributed by atoms with Crippen LogP contribution >= 0.6 is 0 Å². The molecule has 2 rings (SSSR count). The number of hydrogen-bond donors (Lipinski definition) is 1. The molecule has 0 radical (unpaired) electrons. The first-order valence-corrected chi connectivity index (χ1v) is 4.32. The summed E-state index contributed by atoms with van der Waals surface area (Å²) >= 11 is 0. The van der Waals surface area contributed by atoms with E-state index in [1.54, 1.807) is 0 Å². The second kappa shape index (κ2) is 3.08. The second-order valence-corrected chi connectivity index (χ2v) is 3.35. The number of aliphatic hydroxyl groups excluding tert-OH is 1. The molecule has 0 aliphatic carbocycles. The quantitative estimate of drug-likeness (QED) is 0.728. The maximum atomic E-state index is 8.74. The molecule has 0 spiro atoms. The fraction of sp³-hybridized carbons (Fsp3) is 0.750. The van der Waals surface area contributed by atoms with Gasteiger partial charge in [-0.2, -0.15) is 4.98 Å². The van der Waals surface area contributed by atoms with Crippen molar-refractivity contribution in [3.63, 3.8) is 0 Å². The molecular weight excluding hydrogens is 172 g/mol. The Hall–Kier alpha value is -0.940. The molecule has 1 aromatic rings. The fourth-order valence-electron chi connectivity index (χ4n) is 1.49. The zero-order valence-corrected chi connectivity index (χ0v) is 7.49. The highest BCUT2D eigenvalue weighted by molar-refractivity contribution is 5.01. The number of ether oxygens (including phenoxy) is 1. The summed E-state index contributed by atoms with van der Waals surface area (Å²) in [5.41, 5.74) is -0.420. The summed E-state index contributed by atoms with van der Waals surface area (Å²) in [7, 11) is 0. The number of rotatable bonds is 2. The van der Waals surface area contributed by atoms with Gasteiger partial charge in [0.25, 0.3) is 5.89 Å². The number of hydrogen-bond acceptors (Lipinski definition) is 5. The highest BCUT2D eigenvalue weighted by Gasteiger charge is 2.36. The van der Waals surface area contributed by atoms with Crippen LogP contribution in [0.15, 0.2) is 4.52 Å². The fourth-order valence-corrected chi connectivity index (χ4v) is 1.49. The smallest absolute Gasteiger partial charge is 0.252 e. The zero-order valence-electron chi connectivity index (χ0n) is 7.49. The van der Waals surface area contributed by atoms with E-state index in [4.69, 9.17) is 14.4 Å². The van der Waals surface area contributed by atoms with Gasteiger partial charge in [-0.25, -0.2) is 0 Å². The van der Waals surface area contributed by atoms with Crippen LogP contribution in [0.3, 0.4) is 0 Å². The first-order chi connectivity index (χ1) is 6.24. The van der Waals surface area contributed by atoms with Gasteiger partial charge < -0.3 is 14.4 Å². The van der Waals surface area contributed by atoms with Gasteiger partial charge in [-0.3, -0.25) is 0 Å². The summed E-state index contributed by atoms with van der Waals surface area (Å²) in [5.74, 6) is 0.778. The third-order valence-electron chi connectivity index (χ3n) is 2.30. The molecule has 1 aromatic heterocycles. The SMILES string of the molecule is CC1(c2noc(CO)n2)CCCO1. The third-order valence-corrected chi connectivity index (χ3v) is 2.30. The maximum absolute atomic E-state index is 8.74. The number of aromatic nitrogens is 2. The molecule has 0 amide bonds. The molecule has 13 heavy (non-hydrogen) atoms. The monoisotopic (exact) mass is 184 g/mol. The molecule has 1 unspecified atom stereocenters. The van der Waals surface area contributed by atoms with E-state index in [1.807, 2.05) is 6.92 Å². The first kappa shape index (κ1) is 8.65. The molecule has 0 bridgehead atoms. The highest BCUT2D eigenvalue weighted by atomic mass is 16.5. The molecular formula is C8H12N2O3. The summed E-state index contributed by atoms with van der Waals surface area (Å²) < 4.78 is 10.3. The van der Waals surface area contributed by atoms with Crippen molar-refractivity contribution in [3.05, 3.63) is 11.7 Å². The van der Waals surface area contributed by atoms with Crippen molar-refractivity contribution in [2.75, 3.05) is 6.61 Å². The second-order valence-electron chi connectivity index (χ2n) is 3.35. The first-order valence-electron chi connectivity index (χ1n) is 4.32. The Bertz CT molecular complexity index is 291. The molecule has 1 aliphatic heterocycles. The van der Waals surface area contributed by atoms with E-state index in [0.29, 0.717) is 5.82 Å². The predicted octanol–water partition coefficient (Wildman–Crippen LogP) is 0.587. The average molecular weight is 184 g/mol. The maximum Gasteiger partial charge on any atom is 0.252 e. The van der Waals surface area contributed by atoms with Crippen LogP contribution in [0.1, 0.15) is 31.5 Å². The van der Waals surface area contributed by atoms with E-state index in [2.05, 4.69) is 10.1 Å². The average Bonchev–Trinajstić information content (AvgIpc) is 2.72. The van der Waals surface area contributed by atoms with Crippen LogP contribution in [-0.4, -0.2) is 21.9 Å². The summed E-state index contributed by atoms with van der Waals surface area (Å²) in [4.78, 5) is 4.03. The molecule has 2 heterocycles. The largest absolute Gasteiger partial charge is 0.387 e. The van der Waals surface area contributed by atoms with Gasteiger partial charge in [0.15, 0.2) is 0 Å². The lowest BCUT2D eigenvalue weighted by Crippen LogP contribution is -2.21. The van der Waals surface area contributed by atoms with Crippen LogP contribution in [0.2, 0.25) is 0 Å². The number of nitrogens with zero attached hydrogens (tertiary/aromatic N) is 2. The minimum absolute atomic E-state index is 0.219. The van der Waals surface area contributed by atoms with Crippen LogP contribution in [0.4, 0.5) is 0 Å². The van der Waals surface area contributed by atoms with Crippen molar-refractivity contribution in [3.8, 4) is 0 Å². The topological polar surface area (TPSA) is 68.4 Å². The van der Waals surface area contributed by atoms with Gasteiger partial charge >= 0.3 is 0 Å². The third kappa shape index (κ3) is 1.45. The lowest BCUT2D eigenvalue weighted by atomic mass is 10.0. The van der Waals surface area contributed by atoms with Gasteiger partial charge in [0.1, 0.15) is 12.2 Å². The molecule has 0 aromatic carbocycles. The van der Waals surface area contributed by atoms with Crippen LogP contribution in [0, 0.1) is 0 Å². The lowest BCUT2D eigenvalue weighted by Gasteiger charge is -2.17. The molecule has 1 saturated heterocycles. The van der Waals surface area contributed by atoms with Crippen molar-refractivity contribution in [1.82, 2.24) is 10.1 Å². The van der Waals surface area contributed by atoms with Gasteiger partial charge in [0, 0.05) is 6.61 Å². The van der Waals surface area contributed by atoms with Crippen LogP contribution < -0.4 is 0 Å². The van der Waals surface area contributed by atoms with Gasteiger partial charge in [0.2, 0.25) is 5.82 Å². The minimum Gasteiger partial charge on any atom is -0.387 e. The van der Waals surface area contributed by atoms with Gasteiger partial charge in [-0.1, -0.05) is 5.16 Å². The highest BCUT2D eigenvalue weighted by Crippen LogP contribution is 2.33. The summed E-state index contributed by atoms with van der Waals surface area (Å²) in [6.45, 7) is 2.45. The summed E-state index contributed by atoms with van der Waals surface area (Å²) in [6, 6.07) is 0. The Kier molecular flexibility index (Phi) is 2.05. The molecule has 0 saturated carbocycles. The predicted molar refractivity (Wildman–Crippen MR) is 42.8 cm³/mol. The molecule has 5 nitrogen and oxygen atoms in total. The summed E-state index contributed by atoms with van der Waals surface area (Å²) in [5, 5.41) is 12.5. The minimum atomic E-state index is -0.420. The molecule has 5 heteroatoms. The lowest BCUT2D eigenvalue weighted by molar-refractivity contribution is 0.00768. The van der Waals surface area contributed by atoms with Crippen molar-refractivity contribution in [1.29, 1.82) is 0 Å². The molecule has 1 fully saturated rings. The Morgan fingerprint density at radius 1 is 1.62 bits per heavy atom. The van der Waals surface area contributed by atoms with Crippen LogP contribution in [-0.2, 0) is 16.9 Å². The standard InChI is InChI=1S/C8H12N2O3/c1-8(3-2-4-12-8)7-9-6(5-11)13-10-7/h11H,2-5H2,1H3. The Balaban J connectivity index is 2.23. The number of aliphatic hydroxyl groups is 1. The summed E-state index contributed by atoms with van der Waals surface area (Å²) in [6.07, 6.45) is 1.91. The van der Waals surface area contributed by atoms with E-state index >= 15 is 0 Å². The van der Waals surface area contributed by atoms with E-state index in [9.17, 15) is 0 Å². The molecule has 1 atom stereocenters. The van der Waals surface area contributed by atoms with Crippen LogP contribution in [0.25, 0.3) is 0 Å². The molecule has 72 valence electrons. The van der Waals surface area contributed by atoms with Crippen molar-refractivity contribution < 1.29 is 14.4 Å². The Labute approximate surface area is 75.7 Å². The zero-order chi connectivity index (χ0) is 9.31. The van der Waals surface area contributed by atoms with Gasteiger partial charge in [-0.15, -0.1) is 0 Å². The van der Waals surface area contributed by atoms with E-state index in [0.717, 1.165) is 19.4 Å². The Morgan fingerprint density at radius 2 is 2.46 bits per heavy atom. The molecule has 1 N–H and O–H groups in total. The Morgan fingerprint density at radius 3 is 3.00 bits per heavy atom. The van der Waals surface area contributed by atoms with Crippen molar-refractivity contribution in [2.45, 2.75) is 32.0 Å². The van der Waals surface area contributed by atoms with Gasteiger partial charge in [0.05, 0.1) is 0 Å². The van der Waals surface area contributed by atoms with E-state index < -0.39 is 5.60 Å². The van der Waals surface area contributed by atoms with Gasteiger partial charge in [-0.05, 0) is 19.8 Å². The van der Waals surface area contributed by atoms with Crippen molar-refractivity contribution in [2.24, 2.45) is 0 Å².